The van der Waals surface area contributed by atoms with Crippen LogP contribution in [-0.2, 0) is 6.54 Å². The molecule has 1 amide bonds. The number of amides is 1. The maximum atomic E-state index is 12.2. The van der Waals surface area contributed by atoms with E-state index in [2.05, 4.69) is 11.4 Å². The Balaban J connectivity index is 2.09. The van der Waals surface area contributed by atoms with Crippen molar-refractivity contribution in [3.63, 3.8) is 0 Å². The van der Waals surface area contributed by atoms with Crippen molar-refractivity contribution in [2.75, 3.05) is 0 Å². The summed E-state index contributed by atoms with van der Waals surface area (Å²) in [6, 6.07) is 15.0. The summed E-state index contributed by atoms with van der Waals surface area (Å²) in [5, 5.41) is 11.7. The fourth-order valence-corrected chi connectivity index (χ4v) is 2.03. The molecule has 0 unspecified atom stereocenters. The molecule has 0 saturated heterocycles. The highest BCUT2D eigenvalue weighted by Gasteiger charge is 2.09. The number of aryl methyl sites for hydroxylation is 1. The standard InChI is InChI=1S/C17H16N2O/c1-12-5-3-8-16(13(12)2)17(20)19-11-15-7-4-6-14(9-15)10-18/h3-9H,11H2,1-2H3,(H,19,20). The molecule has 0 saturated carbocycles. The van der Waals surface area contributed by atoms with Crippen molar-refractivity contribution < 1.29 is 4.79 Å². The molecule has 2 aromatic carbocycles. The van der Waals surface area contributed by atoms with Gasteiger partial charge in [0, 0.05) is 12.1 Å². The lowest BCUT2D eigenvalue weighted by Crippen LogP contribution is -2.23. The van der Waals surface area contributed by atoms with Crippen LogP contribution in [0.3, 0.4) is 0 Å². The molecule has 0 spiro atoms. The van der Waals surface area contributed by atoms with E-state index in [-0.39, 0.29) is 5.91 Å². The summed E-state index contributed by atoms with van der Waals surface area (Å²) in [4.78, 5) is 12.2. The van der Waals surface area contributed by atoms with Gasteiger partial charge in [-0.2, -0.15) is 5.26 Å². The summed E-state index contributed by atoms with van der Waals surface area (Å²) in [6.45, 7) is 4.35. The second-order valence-electron chi connectivity index (χ2n) is 4.74. The fourth-order valence-electron chi connectivity index (χ4n) is 2.03. The van der Waals surface area contributed by atoms with Crippen LogP contribution < -0.4 is 5.32 Å². The molecule has 0 atom stereocenters. The fraction of sp³-hybridized carbons (Fsp3) is 0.176. The van der Waals surface area contributed by atoms with Gasteiger partial charge in [-0.05, 0) is 48.7 Å². The quantitative estimate of drug-likeness (QED) is 0.926. The summed E-state index contributed by atoms with van der Waals surface area (Å²) in [5.74, 6) is -0.0893. The molecule has 0 bridgehead atoms. The average molecular weight is 264 g/mol. The van der Waals surface area contributed by atoms with Crippen LogP contribution in [0.2, 0.25) is 0 Å². The van der Waals surface area contributed by atoms with E-state index in [9.17, 15) is 4.79 Å². The molecule has 0 fully saturated rings. The van der Waals surface area contributed by atoms with Gasteiger partial charge in [0.1, 0.15) is 0 Å². The number of hydrogen-bond donors (Lipinski definition) is 1. The van der Waals surface area contributed by atoms with Gasteiger partial charge in [0.15, 0.2) is 0 Å². The van der Waals surface area contributed by atoms with Gasteiger partial charge in [-0.15, -0.1) is 0 Å². The van der Waals surface area contributed by atoms with Gasteiger partial charge in [0.05, 0.1) is 11.6 Å². The lowest BCUT2D eigenvalue weighted by Gasteiger charge is -2.09. The summed E-state index contributed by atoms with van der Waals surface area (Å²) >= 11 is 0. The van der Waals surface area contributed by atoms with Crippen molar-refractivity contribution >= 4 is 5.91 Å². The zero-order valence-electron chi connectivity index (χ0n) is 11.6. The number of nitriles is 1. The number of rotatable bonds is 3. The monoisotopic (exact) mass is 264 g/mol. The second kappa shape index (κ2) is 6.03. The number of nitrogens with zero attached hydrogens (tertiary/aromatic N) is 1. The molecular weight excluding hydrogens is 248 g/mol. The molecule has 2 rings (SSSR count). The largest absolute Gasteiger partial charge is 0.348 e. The Hall–Kier alpha value is -2.60. The van der Waals surface area contributed by atoms with Gasteiger partial charge >= 0.3 is 0 Å². The van der Waals surface area contributed by atoms with Crippen LogP contribution in [0.5, 0.6) is 0 Å². The van der Waals surface area contributed by atoms with E-state index >= 15 is 0 Å². The lowest BCUT2D eigenvalue weighted by molar-refractivity contribution is 0.0950. The lowest BCUT2D eigenvalue weighted by atomic mass is 10.0. The molecule has 0 aliphatic carbocycles. The van der Waals surface area contributed by atoms with E-state index in [0.717, 1.165) is 16.7 Å². The molecule has 0 aliphatic rings. The predicted octanol–water partition coefficient (Wildman–Crippen LogP) is 3.11. The summed E-state index contributed by atoms with van der Waals surface area (Å²) in [7, 11) is 0. The van der Waals surface area contributed by atoms with Gasteiger partial charge in [-0.25, -0.2) is 0 Å². The number of carbonyl (C=O) groups excluding carboxylic acids is 1. The molecule has 3 nitrogen and oxygen atoms in total. The zero-order chi connectivity index (χ0) is 14.5. The normalized spacial score (nSPS) is 9.85. The number of nitrogens with one attached hydrogen (secondary N) is 1. The van der Waals surface area contributed by atoms with E-state index in [1.807, 2.05) is 44.2 Å². The molecule has 3 heteroatoms. The van der Waals surface area contributed by atoms with Gasteiger partial charge in [-0.3, -0.25) is 4.79 Å². The summed E-state index contributed by atoms with van der Waals surface area (Å²) < 4.78 is 0. The van der Waals surface area contributed by atoms with Crippen LogP contribution in [0.4, 0.5) is 0 Å². The third-order valence-electron chi connectivity index (χ3n) is 3.36. The minimum Gasteiger partial charge on any atom is -0.348 e. The van der Waals surface area contributed by atoms with Crippen LogP contribution in [-0.4, -0.2) is 5.91 Å². The first kappa shape index (κ1) is 13.8. The summed E-state index contributed by atoms with van der Waals surface area (Å²) in [6.07, 6.45) is 0. The van der Waals surface area contributed by atoms with Crippen molar-refractivity contribution in [3.8, 4) is 6.07 Å². The highest BCUT2D eigenvalue weighted by Crippen LogP contribution is 2.13. The van der Waals surface area contributed by atoms with Crippen molar-refractivity contribution in [2.24, 2.45) is 0 Å². The van der Waals surface area contributed by atoms with Crippen molar-refractivity contribution in [2.45, 2.75) is 20.4 Å². The number of hydrogen-bond acceptors (Lipinski definition) is 2. The Morgan fingerprint density at radius 1 is 1.20 bits per heavy atom. The molecule has 0 heterocycles. The molecule has 20 heavy (non-hydrogen) atoms. The molecule has 1 N–H and O–H groups in total. The molecule has 100 valence electrons. The van der Waals surface area contributed by atoms with Crippen LogP contribution >= 0.6 is 0 Å². The number of benzene rings is 2. The van der Waals surface area contributed by atoms with Crippen LogP contribution in [0.1, 0.15) is 32.6 Å². The third-order valence-corrected chi connectivity index (χ3v) is 3.36. The minimum atomic E-state index is -0.0893. The maximum Gasteiger partial charge on any atom is 0.251 e. The Kier molecular flexibility index (Phi) is 4.17. The van der Waals surface area contributed by atoms with E-state index in [0.29, 0.717) is 17.7 Å². The smallest absolute Gasteiger partial charge is 0.251 e. The van der Waals surface area contributed by atoms with Crippen molar-refractivity contribution in [3.05, 3.63) is 70.3 Å². The molecule has 0 radical (unpaired) electrons. The highest BCUT2D eigenvalue weighted by molar-refractivity contribution is 5.95. The average Bonchev–Trinajstić information content (AvgIpc) is 2.48. The summed E-state index contributed by atoms with van der Waals surface area (Å²) in [5.41, 5.74) is 4.31. The third kappa shape index (κ3) is 3.04. The van der Waals surface area contributed by atoms with Crippen LogP contribution in [0.25, 0.3) is 0 Å². The molecule has 0 aliphatic heterocycles. The van der Waals surface area contributed by atoms with Crippen molar-refractivity contribution in [1.29, 1.82) is 5.26 Å². The molecular formula is C17H16N2O. The first-order chi connectivity index (χ1) is 9.61. The van der Waals surface area contributed by atoms with Gasteiger partial charge < -0.3 is 5.32 Å². The number of carbonyl (C=O) groups is 1. The van der Waals surface area contributed by atoms with E-state index in [1.165, 1.54) is 0 Å². The van der Waals surface area contributed by atoms with Gasteiger partial charge in [0.2, 0.25) is 0 Å². The van der Waals surface area contributed by atoms with Gasteiger partial charge in [-0.1, -0.05) is 24.3 Å². The SMILES string of the molecule is Cc1cccc(C(=O)NCc2cccc(C#N)c2)c1C. The first-order valence-electron chi connectivity index (χ1n) is 6.45. The van der Waals surface area contributed by atoms with Crippen molar-refractivity contribution in [1.82, 2.24) is 5.32 Å². The predicted molar refractivity (Wildman–Crippen MR) is 78.2 cm³/mol. The Bertz CT molecular complexity index is 684. The Morgan fingerprint density at radius 2 is 1.95 bits per heavy atom. The minimum absolute atomic E-state index is 0.0893. The second-order valence-corrected chi connectivity index (χ2v) is 4.74. The van der Waals surface area contributed by atoms with Gasteiger partial charge in [0.25, 0.3) is 5.91 Å². The van der Waals surface area contributed by atoms with E-state index in [4.69, 9.17) is 5.26 Å². The highest BCUT2D eigenvalue weighted by atomic mass is 16.1. The first-order valence-corrected chi connectivity index (χ1v) is 6.45. The topological polar surface area (TPSA) is 52.9 Å². The Morgan fingerprint density at radius 3 is 2.70 bits per heavy atom. The van der Waals surface area contributed by atoms with Crippen LogP contribution in [0, 0.1) is 25.2 Å². The zero-order valence-corrected chi connectivity index (χ0v) is 11.6. The van der Waals surface area contributed by atoms with Crippen LogP contribution in [0.15, 0.2) is 42.5 Å². The molecule has 0 aromatic heterocycles. The van der Waals surface area contributed by atoms with E-state index in [1.54, 1.807) is 12.1 Å². The Labute approximate surface area is 118 Å². The maximum absolute atomic E-state index is 12.2. The molecule has 2 aromatic rings. The van der Waals surface area contributed by atoms with E-state index < -0.39 is 0 Å².